The summed E-state index contributed by atoms with van der Waals surface area (Å²) in [5, 5.41) is 15.8. The molecule has 0 radical (unpaired) electrons. The Bertz CT molecular complexity index is 1430. The number of nitriles is 1. The van der Waals surface area contributed by atoms with Crippen molar-refractivity contribution in [3.8, 4) is 11.9 Å². The number of nitrogens with zero attached hydrogens (tertiary/aromatic N) is 6. The minimum Gasteiger partial charge on any atom is -0.342 e. The molecule has 2 heterocycles. The lowest BCUT2D eigenvalue weighted by atomic mass is 9.98. The van der Waals surface area contributed by atoms with E-state index in [1.165, 1.54) is 35.5 Å². The second kappa shape index (κ2) is 9.63. The smallest absolute Gasteiger partial charge is 0.298 e. The van der Waals surface area contributed by atoms with Gasteiger partial charge in [0.05, 0.1) is 6.04 Å². The van der Waals surface area contributed by atoms with Crippen molar-refractivity contribution in [3.05, 3.63) is 99.7 Å². The molecule has 1 atom stereocenters. The molecule has 0 unspecified atom stereocenters. The zero-order chi connectivity index (χ0) is 25.2. The van der Waals surface area contributed by atoms with E-state index in [2.05, 4.69) is 41.3 Å². The first-order valence-electron chi connectivity index (χ1n) is 10.1. The number of hydrogen-bond acceptors (Lipinski definition) is 6. The first kappa shape index (κ1) is 24.0. The maximum absolute atomic E-state index is 15.1. The van der Waals surface area contributed by atoms with E-state index in [1.54, 1.807) is 6.92 Å². The summed E-state index contributed by atoms with van der Waals surface area (Å²) in [6.45, 7) is 1.64. The van der Waals surface area contributed by atoms with Gasteiger partial charge in [0.15, 0.2) is 11.6 Å². The monoisotopic (exact) mass is 541 g/mol. The summed E-state index contributed by atoms with van der Waals surface area (Å²) in [4.78, 5) is 25.0. The number of hydrogen-bond donors (Lipinski definition) is 1. The predicted molar refractivity (Wildman–Crippen MR) is 121 cm³/mol. The van der Waals surface area contributed by atoms with Crippen LogP contribution in [0.25, 0.3) is 5.82 Å². The van der Waals surface area contributed by atoms with E-state index in [9.17, 15) is 9.18 Å². The molecule has 0 aliphatic rings. The predicted octanol–water partition coefficient (Wildman–Crippen LogP) is 4.46. The second-order valence-corrected chi connectivity index (χ2v) is 8.32. The van der Waals surface area contributed by atoms with Gasteiger partial charge in [-0.15, -0.1) is 0 Å². The molecule has 0 bridgehead atoms. The Morgan fingerprint density at radius 1 is 1.09 bits per heavy atom. The third-order valence-electron chi connectivity index (χ3n) is 5.02. The fourth-order valence-corrected chi connectivity index (χ4v) is 3.81. The topological polar surface area (TPSA) is 109 Å². The van der Waals surface area contributed by atoms with E-state index in [0.717, 1.165) is 30.3 Å². The van der Waals surface area contributed by atoms with Crippen LogP contribution in [0.4, 0.5) is 13.2 Å². The maximum Gasteiger partial charge on any atom is 0.298 e. The molecule has 0 saturated heterocycles. The molecule has 0 saturated carbocycles. The Hall–Kier alpha value is -4.11. The van der Waals surface area contributed by atoms with E-state index in [1.807, 2.05) is 6.07 Å². The number of nitrogens with one attached hydrogen (secondary N) is 1. The van der Waals surface area contributed by atoms with Gasteiger partial charge in [-0.05, 0) is 49.4 Å². The van der Waals surface area contributed by atoms with Crippen LogP contribution in [0.5, 0.6) is 0 Å². The SMILES string of the molecule is C[C@H](NC(=O)c1cc(Br)cc(C(F)(F)c2ccc(F)cc2)c1)c1ncnn1-c1cc(C#N)ncn1. The largest absolute Gasteiger partial charge is 0.342 e. The molecule has 4 aromatic rings. The standard InChI is InChI=1S/C23H15BrF3N7O/c1-13(21-31-12-32-34(21)20-9-19(10-28)29-11-30-20)33-22(35)14-6-16(8-17(24)7-14)23(26,27)15-2-4-18(25)5-3-15/h2-9,11-13H,1H3,(H,33,35)/t13-/m0/s1. The minimum atomic E-state index is -3.47. The van der Waals surface area contributed by atoms with Gasteiger partial charge in [0, 0.05) is 27.2 Å². The van der Waals surface area contributed by atoms with Gasteiger partial charge in [-0.2, -0.15) is 23.8 Å². The molecular formula is C23H15BrF3N7O. The molecule has 0 aliphatic carbocycles. The van der Waals surface area contributed by atoms with Crippen LogP contribution in [-0.4, -0.2) is 30.6 Å². The third kappa shape index (κ3) is 5.04. The van der Waals surface area contributed by atoms with E-state index >= 15 is 8.78 Å². The number of rotatable bonds is 6. The maximum atomic E-state index is 15.1. The van der Waals surface area contributed by atoms with Crippen molar-refractivity contribution in [1.82, 2.24) is 30.0 Å². The van der Waals surface area contributed by atoms with Crippen LogP contribution in [-0.2, 0) is 5.92 Å². The number of halogens is 4. The third-order valence-corrected chi connectivity index (χ3v) is 5.48. The van der Waals surface area contributed by atoms with Crippen LogP contribution < -0.4 is 5.32 Å². The molecule has 0 fully saturated rings. The Balaban J connectivity index is 1.60. The molecule has 35 heavy (non-hydrogen) atoms. The summed E-state index contributed by atoms with van der Waals surface area (Å²) in [7, 11) is 0. The highest BCUT2D eigenvalue weighted by Gasteiger charge is 2.35. The van der Waals surface area contributed by atoms with Crippen LogP contribution in [0.3, 0.4) is 0 Å². The van der Waals surface area contributed by atoms with Gasteiger partial charge in [0.25, 0.3) is 11.8 Å². The molecule has 0 spiro atoms. The Morgan fingerprint density at radius 2 is 1.83 bits per heavy atom. The van der Waals surface area contributed by atoms with Gasteiger partial charge in [0.2, 0.25) is 0 Å². The molecule has 176 valence electrons. The van der Waals surface area contributed by atoms with E-state index in [-0.39, 0.29) is 21.5 Å². The fraction of sp³-hybridized carbons (Fsp3) is 0.130. The van der Waals surface area contributed by atoms with Crippen LogP contribution in [0.1, 0.15) is 46.0 Å². The van der Waals surface area contributed by atoms with E-state index < -0.39 is 34.8 Å². The number of carbonyl (C=O) groups excluding carboxylic acids is 1. The van der Waals surface area contributed by atoms with Gasteiger partial charge < -0.3 is 5.32 Å². The zero-order valence-corrected chi connectivity index (χ0v) is 19.5. The molecular weight excluding hydrogens is 527 g/mol. The summed E-state index contributed by atoms with van der Waals surface area (Å²) in [5.74, 6) is -4.16. The van der Waals surface area contributed by atoms with Gasteiger partial charge in [-0.1, -0.05) is 15.9 Å². The number of alkyl halides is 2. The lowest BCUT2D eigenvalue weighted by Crippen LogP contribution is -2.29. The highest BCUT2D eigenvalue weighted by atomic mass is 79.9. The van der Waals surface area contributed by atoms with Gasteiger partial charge in [0.1, 0.15) is 30.2 Å². The Morgan fingerprint density at radius 3 is 2.54 bits per heavy atom. The van der Waals surface area contributed by atoms with Crippen molar-refractivity contribution in [2.24, 2.45) is 0 Å². The molecule has 12 heteroatoms. The summed E-state index contributed by atoms with van der Waals surface area (Å²) in [6.07, 6.45) is 2.46. The van der Waals surface area contributed by atoms with Crippen LogP contribution in [0.2, 0.25) is 0 Å². The molecule has 1 amide bonds. The van der Waals surface area contributed by atoms with Crippen LogP contribution >= 0.6 is 15.9 Å². The van der Waals surface area contributed by atoms with Crippen LogP contribution in [0.15, 0.2) is 65.7 Å². The molecule has 2 aromatic carbocycles. The van der Waals surface area contributed by atoms with E-state index in [4.69, 9.17) is 5.26 Å². The number of benzene rings is 2. The minimum absolute atomic E-state index is 0.0251. The highest BCUT2D eigenvalue weighted by Crippen LogP contribution is 2.37. The Labute approximate surface area is 205 Å². The molecule has 0 aliphatic heterocycles. The van der Waals surface area contributed by atoms with Crippen molar-refractivity contribution in [2.45, 2.75) is 18.9 Å². The highest BCUT2D eigenvalue weighted by molar-refractivity contribution is 9.10. The second-order valence-electron chi connectivity index (χ2n) is 7.41. The summed E-state index contributed by atoms with van der Waals surface area (Å²) in [6, 6.07) is 10.2. The quantitative estimate of drug-likeness (QED) is 0.386. The molecule has 4 rings (SSSR count). The van der Waals surface area contributed by atoms with Crippen molar-refractivity contribution in [3.63, 3.8) is 0 Å². The molecule has 2 aromatic heterocycles. The average Bonchev–Trinajstić information content (AvgIpc) is 3.34. The first-order valence-corrected chi connectivity index (χ1v) is 10.9. The lowest BCUT2D eigenvalue weighted by molar-refractivity contribution is 0.0426. The van der Waals surface area contributed by atoms with Crippen molar-refractivity contribution < 1.29 is 18.0 Å². The summed E-state index contributed by atoms with van der Waals surface area (Å²) < 4.78 is 45.0. The lowest BCUT2D eigenvalue weighted by Gasteiger charge is -2.19. The Kier molecular flexibility index (Phi) is 6.61. The van der Waals surface area contributed by atoms with E-state index in [0.29, 0.717) is 5.82 Å². The zero-order valence-electron chi connectivity index (χ0n) is 18.0. The molecule has 8 nitrogen and oxygen atoms in total. The number of carbonyl (C=O) groups is 1. The van der Waals surface area contributed by atoms with Crippen molar-refractivity contribution >= 4 is 21.8 Å². The van der Waals surface area contributed by atoms with Crippen molar-refractivity contribution in [1.29, 1.82) is 5.26 Å². The summed E-state index contributed by atoms with van der Waals surface area (Å²) >= 11 is 3.18. The average molecular weight is 542 g/mol. The van der Waals surface area contributed by atoms with Crippen LogP contribution in [0, 0.1) is 17.1 Å². The van der Waals surface area contributed by atoms with Gasteiger partial charge in [-0.25, -0.2) is 19.3 Å². The molecule has 1 N–H and O–H groups in total. The first-order chi connectivity index (χ1) is 16.7. The number of aromatic nitrogens is 5. The normalized spacial score (nSPS) is 12.1. The fourth-order valence-electron chi connectivity index (χ4n) is 3.32. The van der Waals surface area contributed by atoms with Gasteiger partial charge >= 0.3 is 0 Å². The van der Waals surface area contributed by atoms with Gasteiger partial charge in [-0.3, -0.25) is 4.79 Å². The summed E-state index contributed by atoms with van der Waals surface area (Å²) in [5.41, 5.74) is -0.754. The number of amides is 1. The van der Waals surface area contributed by atoms with Crippen molar-refractivity contribution in [2.75, 3.05) is 0 Å².